The molecule has 0 aliphatic carbocycles. The number of rotatable bonds is 15. The minimum Gasteiger partial charge on any atom is -0.491 e. The molecular formula is C28H40N2O4S. The normalized spacial score (nSPS) is 13.0. The van der Waals surface area contributed by atoms with Gasteiger partial charge in [0.25, 0.3) is 0 Å². The second-order valence-electron chi connectivity index (χ2n) is 9.30. The van der Waals surface area contributed by atoms with Gasteiger partial charge < -0.3 is 14.2 Å². The van der Waals surface area contributed by atoms with Crippen LogP contribution in [0.2, 0.25) is 0 Å². The van der Waals surface area contributed by atoms with E-state index in [9.17, 15) is 4.79 Å². The van der Waals surface area contributed by atoms with Gasteiger partial charge in [-0.3, -0.25) is 4.40 Å². The van der Waals surface area contributed by atoms with E-state index >= 15 is 0 Å². The first kappa shape index (κ1) is 27.1. The lowest BCUT2D eigenvalue weighted by Crippen LogP contribution is -2.18. The monoisotopic (exact) mass is 500 g/mol. The number of carbonyl (C=O) groups is 1. The average molecular weight is 501 g/mol. The lowest BCUT2D eigenvalue weighted by atomic mass is 10.1. The van der Waals surface area contributed by atoms with Crippen molar-refractivity contribution in [2.75, 3.05) is 0 Å². The molecule has 2 aromatic heterocycles. The summed E-state index contributed by atoms with van der Waals surface area (Å²) in [6.07, 6.45) is 14.6. The van der Waals surface area contributed by atoms with Crippen molar-refractivity contribution in [3.63, 3.8) is 0 Å². The van der Waals surface area contributed by atoms with Gasteiger partial charge in [-0.2, -0.15) is 4.98 Å². The summed E-state index contributed by atoms with van der Waals surface area (Å²) in [6, 6.07) is 8.19. The summed E-state index contributed by atoms with van der Waals surface area (Å²) in [4.78, 5) is 18.4. The maximum Gasteiger partial charge on any atom is 0.515 e. The van der Waals surface area contributed by atoms with E-state index in [1.165, 1.54) is 38.5 Å². The van der Waals surface area contributed by atoms with Crippen molar-refractivity contribution in [2.45, 2.75) is 104 Å². The van der Waals surface area contributed by atoms with Gasteiger partial charge in [-0.1, -0.05) is 63.7 Å². The van der Waals surface area contributed by atoms with Crippen LogP contribution in [0.4, 0.5) is 4.79 Å². The maximum absolute atomic E-state index is 12.1. The summed E-state index contributed by atoms with van der Waals surface area (Å²) in [7, 11) is 0. The Morgan fingerprint density at radius 1 is 0.914 bits per heavy atom. The number of unbranched alkanes of at least 4 members (excludes halogenated alkanes) is 6. The predicted molar refractivity (Wildman–Crippen MR) is 143 cm³/mol. The minimum atomic E-state index is -0.700. The van der Waals surface area contributed by atoms with E-state index < -0.39 is 6.16 Å². The van der Waals surface area contributed by atoms with E-state index in [0.29, 0.717) is 0 Å². The van der Waals surface area contributed by atoms with Crippen LogP contribution in [0.1, 0.15) is 91.9 Å². The molecule has 6 nitrogen and oxygen atoms in total. The second-order valence-corrected chi connectivity index (χ2v) is 10.3. The molecule has 2 atom stereocenters. The van der Waals surface area contributed by atoms with Crippen LogP contribution in [0.15, 0.2) is 36.7 Å². The molecule has 0 fully saturated rings. The van der Waals surface area contributed by atoms with Crippen molar-refractivity contribution in [1.82, 2.24) is 9.38 Å². The van der Waals surface area contributed by atoms with E-state index in [2.05, 4.69) is 37.9 Å². The number of fused-ring (bicyclic) bond motifs is 1. The van der Waals surface area contributed by atoms with E-state index in [1.54, 1.807) is 17.5 Å². The quantitative estimate of drug-likeness (QED) is 0.154. The molecule has 1 aromatic carbocycles. The number of hydrogen-bond donors (Lipinski definition) is 0. The van der Waals surface area contributed by atoms with Crippen molar-refractivity contribution < 1.29 is 19.0 Å². The molecule has 0 aliphatic rings. The van der Waals surface area contributed by atoms with Gasteiger partial charge in [0.2, 0.25) is 5.88 Å². The van der Waals surface area contributed by atoms with Gasteiger partial charge in [0.05, 0.1) is 17.2 Å². The Labute approximate surface area is 213 Å². The molecule has 2 heterocycles. The topological polar surface area (TPSA) is 62.1 Å². The molecule has 0 radical (unpaired) electrons. The average Bonchev–Trinajstić information content (AvgIpc) is 3.39. The van der Waals surface area contributed by atoms with Crippen LogP contribution in [0.25, 0.3) is 15.4 Å². The van der Waals surface area contributed by atoms with E-state index in [-0.39, 0.29) is 18.1 Å². The van der Waals surface area contributed by atoms with Gasteiger partial charge in [-0.05, 0) is 69.4 Å². The molecule has 0 amide bonds. The molecule has 192 valence electrons. The zero-order chi connectivity index (χ0) is 25.0. The first-order valence-electron chi connectivity index (χ1n) is 13.1. The van der Waals surface area contributed by atoms with Gasteiger partial charge in [-0.25, -0.2) is 4.79 Å². The van der Waals surface area contributed by atoms with Crippen LogP contribution < -0.4 is 9.47 Å². The van der Waals surface area contributed by atoms with Gasteiger partial charge in [0.15, 0.2) is 4.96 Å². The van der Waals surface area contributed by atoms with Crippen LogP contribution in [-0.2, 0) is 4.74 Å². The minimum absolute atomic E-state index is 0.161. The molecule has 0 spiro atoms. The molecule has 0 saturated carbocycles. The number of thiazole rings is 1. The van der Waals surface area contributed by atoms with Gasteiger partial charge in [-0.15, -0.1) is 0 Å². The van der Waals surface area contributed by atoms with Crippen molar-refractivity contribution >= 4 is 22.5 Å². The fourth-order valence-electron chi connectivity index (χ4n) is 4.00. The van der Waals surface area contributed by atoms with Crippen LogP contribution in [0.3, 0.4) is 0 Å². The molecule has 0 saturated heterocycles. The molecule has 35 heavy (non-hydrogen) atoms. The highest BCUT2D eigenvalue weighted by atomic mass is 32.1. The number of nitrogens with zero attached hydrogens (tertiary/aromatic N) is 2. The van der Waals surface area contributed by atoms with Crippen LogP contribution in [0, 0.1) is 0 Å². The van der Waals surface area contributed by atoms with Gasteiger partial charge in [0, 0.05) is 6.20 Å². The summed E-state index contributed by atoms with van der Waals surface area (Å²) >= 11 is 1.54. The van der Waals surface area contributed by atoms with Crippen LogP contribution >= 0.6 is 11.3 Å². The summed E-state index contributed by atoms with van der Waals surface area (Å²) in [5.74, 6) is 1.15. The molecular weight excluding hydrogens is 460 g/mol. The smallest absolute Gasteiger partial charge is 0.491 e. The molecule has 3 rings (SSSR count). The predicted octanol–water partition coefficient (Wildman–Crippen LogP) is 8.67. The summed E-state index contributed by atoms with van der Waals surface area (Å²) < 4.78 is 18.6. The highest BCUT2D eigenvalue weighted by molar-refractivity contribution is 7.20. The zero-order valence-corrected chi connectivity index (χ0v) is 22.4. The first-order valence-corrected chi connectivity index (χ1v) is 13.9. The molecule has 7 heteroatoms. The molecule has 0 bridgehead atoms. The highest BCUT2D eigenvalue weighted by Crippen LogP contribution is 2.31. The Morgan fingerprint density at radius 2 is 1.57 bits per heavy atom. The van der Waals surface area contributed by atoms with Crippen molar-refractivity contribution in [2.24, 2.45) is 0 Å². The number of hydrogen-bond acceptors (Lipinski definition) is 6. The second kappa shape index (κ2) is 14.1. The summed E-state index contributed by atoms with van der Waals surface area (Å²) in [6.45, 7) is 8.44. The lowest BCUT2D eigenvalue weighted by molar-refractivity contribution is 0.0602. The van der Waals surface area contributed by atoms with Crippen molar-refractivity contribution in [1.29, 1.82) is 0 Å². The van der Waals surface area contributed by atoms with Crippen LogP contribution in [-0.4, -0.2) is 27.7 Å². The number of carbonyl (C=O) groups excluding carboxylic acids is 1. The SMILES string of the molecule is CCCCCC[C@H](C)OC(=O)Oc1cn2cc(-c3ccc(O[C@@H](C)CCCCCC)cc3)sc2n1. The van der Waals surface area contributed by atoms with Crippen LogP contribution in [0.5, 0.6) is 11.6 Å². The van der Waals surface area contributed by atoms with E-state index in [4.69, 9.17) is 14.2 Å². The molecule has 3 aromatic rings. The number of ether oxygens (including phenoxy) is 3. The number of imidazole rings is 1. The lowest BCUT2D eigenvalue weighted by Gasteiger charge is -2.14. The van der Waals surface area contributed by atoms with Gasteiger partial charge in [0.1, 0.15) is 11.9 Å². The van der Waals surface area contributed by atoms with E-state index in [0.717, 1.165) is 46.8 Å². The Morgan fingerprint density at radius 3 is 2.20 bits per heavy atom. The Bertz CT molecular complexity index is 996. The number of benzene rings is 1. The third-order valence-electron chi connectivity index (χ3n) is 6.02. The fourth-order valence-corrected chi connectivity index (χ4v) is 4.96. The Kier molecular flexibility index (Phi) is 10.9. The van der Waals surface area contributed by atoms with E-state index in [1.807, 2.05) is 29.7 Å². The Hall–Kier alpha value is -2.54. The standard InChI is InChI=1S/C28H40N2O4S/c1-5-7-9-11-13-21(3)32-24-17-15-23(16-18-24)25-19-30-20-26(29-27(30)35-25)34-28(31)33-22(4)14-12-10-8-6-2/h15-22H,5-14H2,1-4H3/t21-,22-/m0/s1. The summed E-state index contributed by atoms with van der Waals surface area (Å²) in [5, 5.41) is 0. The third kappa shape index (κ3) is 8.88. The maximum atomic E-state index is 12.1. The first-order chi connectivity index (χ1) is 17.0. The molecule has 0 aliphatic heterocycles. The largest absolute Gasteiger partial charge is 0.515 e. The Balaban J connectivity index is 1.49. The summed E-state index contributed by atoms with van der Waals surface area (Å²) in [5.41, 5.74) is 1.10. The molecule has 0 unspecified atom stereocenters. The van der Waals surface area contributed by atoms with Crippen molar-refractivity contribution in [3.05, 3.63) is 36.7 Å². The zero-order valence-electron chi connectivity index (χ0n) is 21.6. The highest BCUT2D eigenvalue weighted by Gasteiger charge is 2.15. The number of aromatic nitrogens is 2. The molecule has 0 N–H and O–H groups in total. The third-order valence-corrected chi connectivity index (χ3v) is 7.07. The fraction of sp³-hybridized carbons (Fsp3) is 0.571. The van der Waals surface area contributed by atoms with Crippen molar-refractivity contribution in [3.8, 4) is 22.1 Å². The van der Waals surface area contributed by atoms with Gasteiger partial charge >= 0.3 is 6.16 Å².